The number of nitrogens with zero attached hydrogens (tertiary/aromatic N) is 1. The SMILES string of the molecule is C[C@H]1CCCN(CCO)C1. The monoisotopic (exact) mass is 143 g/mol. The molecule has 60 valence electrons. The maximum Gasteiger partial charge on any atom is 0.0558 e. The highest BCUT2D eigenvalue weighted by molar-refractivity contribution is 4.68. The molecule has 0 unspecified atom stereocenters. The van der Waals surface area contributed by atoms with Gasteiger partial charge in [-0.1, -0.05) is 6.92 Å². The average molecular weight is 143 g/mol. The summed E-state index contributed by atoms with van der Waals surface area (Å²) >= 11 is 0. The van der Waals surface area contributed by atoms with Crippen molar-refractivity contribution >= 4 is 0 Å². The van der Waals surface area contributed by atoms with Gasteiger partial charge in [0.2, 0.25) is 0 Å². The Kier molecular flexibility index (Phi) is 3.16. The lowest BCUT2D eigenvalue weighted by atomic mass is 10.0. The second-order valence-corrected chi connectivity index (χ2v) is 3.27. The largest absolute Gasteiger partial charge is 0.395 e. The first-order valence-corrected chi connectivity index (χ1v) is 4.16. The Labute approximate surface area is 62.8 Å². The summed E-state index contributed by atoms with van der Waals surface area (Å²) in [6.07, 6.45) is 2.67. The van der Waals surface area contributed by atoms with E-state index in [2.05, 4.69) is 11.8 Å². The number of rotatable bonds is 2. The summed E-state index contributed by atoms with van der Waals surface area (Å²) in [6, 6.07) is 0. The number of hydrogen-bond acceptors (Lipinski definition) is 2. The van der Waals surface area contributed by atoms with Crippen LogP contribution < -0.4 is 0 Å². The lowest BCUT2D eigenvalue weighted by molar-refractivity contribution is 0.146. The summed E-state index contributed by atoms with van der Waals surface area (Å²) in [5.74, 6) is 0.834. The first kappa shape index (κ1) is 8.02. The third-order valence-electron chi connectivity index (χ3n) is 2.16. The second kappa shape index (κ2) is 3.94. The van der Waals surface area contributed by atoms with Gasteiger partial charge in [0.15, 0.2) is 0 Å². The van der Waals surface area contributed by atoms with E-state index in [1.165, 1.54) is 25.9 Å². The van der Waals surface area contributed by atoms with Gasteiger partial charge >= 0.3 is 0 Å². The fourth-order valence-electron chi connectivity index (χ4n) is 1.63. The third kappa shape index (κ3) is 2.27. The summed E-state index contributed by atoms with van der Waals surface area (Å²) in [7, 11) is 0. The first-order valence-electron chi connectivity index (χ1n) is 4.16. The lowest BCUT2D eigenvalue weighted by Crippen LogP contribution is -2.36. The fraction of sp³-hybridized carbons (Fsp3) is 1.00. The zero-order valence-electron chi connectivity index (χ0n) is 6.71. The maximum atomic E-state index is 8.66. The van der Waals surface area contributed by atoms with Crippen LogP contribution in [0.25, 0.3) is 0 Å². The maximum absolute atomic E-state index is 8.66. The van der Waals surface area contributed by atoms with E-state index < -0.39 is 0 Å². The zero-order chi connectivity index (χ0) is 7.40. The Hall–Kier alpha value is -0.0800. The van der Waals surface area contributed by atoms with Crippen LogP contribution in [0.2, 0.25) is 0 Å². The van der Waals surface area contributed by atoms with E-state index in [4.69, 9.17) is 5.11 Å². The van der Waals surface area contributed by atoms with Crippen LogP contribution in [0.3, 0.4) is 0 Å². The highest BCUT2D eigenvalue weighted by Gasteiger charge is 2.14. The van der Waals surface area contributed by atoms with Crippen molar-refractivity contribution < 1.29 is 5.11 Å². The number of β-amino-alcohol motifs (C(OH)–C–C–N with tert-alkyl or cyclic N) is 1. The smallest absolute Gasteiger partial charge is 0.0558 e. The van der Waals surface area contributed by atoms with Crippen molar-refractivity contribution in [3.63, 3.8) is 0 Å². The Morgan fingerprint density at radius 1 is 1.60 bits per heavy atom. The Bertz CT molecular complexity index is 93.3. The van der Waals surface area contributed by atoms with Crippen molar-refractivity contribution in [2.75, 3.05) is 26.2 Å². The van der Waals surface area contributed by atoms with E-state index in [1.807, 2.05) is 0 Å². The molecule has 1 heterocycles. The molecule has 10 heavy (non-hydrogen) atoms. The van der Waals surface area contributed by atoms with Crippen LogP contribution in [-0.2, 0) is 0 Å². The summed E-state index contributed by atoms with van der Waals surface area (Å²) in [5, 5.41) is 8.66. The molecule has 0 amide bonds. The van der Waals surface area contributed by atoms with Gasteiger partial charge in [0.05, 0.1) is 6.61 Å². The number of hydrogen-bond donors (Lipinski definition) is 1. The van der Waals surface area contributed by atoms with Crippen molar-refractivity contribution in [3.05, 3.63) is 0 Å². The van der Waals surface area contributed by atoms with Gasteiger partial charge in [-0.15, -0.1) is 0 Å². The van der Waals surface area contributed by atoms with E-state index >= 15 is 0 Å². The summed E-state index contributed by atoms with van der Waals surface area (Å²) < 4.78 is 0. The van der Waals surface area contributed by atoms with Gasteiger partial charge in [-0.2, -0.15) is 0 Å². The zero-order valence-corrected chi connectivity index (χ0v) is 6.71. The van der Waals surface area contributed by atoms with Crippen LogP contribution in [0.1, 0.15) is 19.8 Å². The lowest BCUT2D eigenvalue weighted by Gasteiger charge is -2.29. The number of likely N-dealkylation sites (tertiary alicyclic amines) is 1. The molecular weight excluding hydrogens is 126 g/mol. The molecule has 0 bridgehead atoms. The molecule has 0 radical (unpaired) electrons. The standard InChI is InChI=1S/C8H17NO/c1-8-3-2-4-9(7-8)5-6-10/h8,10H,2-7H2,1H3/t8-/m0/s1. The molecule has 0 aromatic heterocycles. The van der Waals surface area contributed by atoms with Crippen molar-refractivity contribution in [3.8, 4) is 0 Å². The third-order valence-corrected chi connectivity index (χ3v) is 2.16. The van der Waals surface area contributed by atoms with Gasteiger partial charge in [-0.25, -0.2) is 0 Å². The molecule has 2 heteroatoms. The van der Waals surface area contributed by atoms with Crippen LogP contribution >= 0.6 is 0 Å². The second-order valence-electron chi connectivity index (χ2n) is 3.27. The van der Waals surface area contributed by atoms with E-state index in [-0.39, 0.29) is 0 Å². The summed E-state index contributed by atoms with van der Waals surface area (Å²) in [4.78, 5) is 2.34. The molecule has 1 fully saturated rings. The van der Waals surface area contributed by atoms with Crippen molar-refractivity contribution in [2.24, 2.45) is 5.92 Å². The van der Waals surface area contributed by atoms with Gasteiger partial charge in [-0.3, -0.25) is 0 Å². The quantitative estimate of drug-likeness (QED) is 0.615. The van der Waals surface area contributed by atoms with Crippen LogP contribution in [-0.4, -0.2) is 36.2 Å². The Morgan fingerprint density at radius 2 is 2.40 bits per heavy atom. The molecule has 0 aromatic rings. The normalized spacial score (nSPS) is 28.8. The average Bonchev–Trinajstić information content (AvgIpc) is 1.88. The molecule has 1 N–H and O–H groups in total. The minimum absolute atomic E-state index is 0.312. The van der Waals surface area contributed by atoms with E-state index in [0.717, 1.165) is 12.5 Å². The van der Waals surface area contributed by atoms with Crippen molar-refractivity contribution in [1.29, 1.82) is 0 Å². The van der Waals surface area contributed by atoms with Crippen LogP contribution in [0.15, 0.2) is 0 Å². The minimum Gasteiger partial charge on any atom is -0.395 e. The first-order chi connectivity index (χ1) is 4.83. The molecule has 0 spiro atoms. The molecule has 1 atom stereocenters. The van der Waals surface area contributed by atoms with Crippen LogP contribution in [0, 0.1) is 5.92 Å². The minimum atomic E-state index is 0.312. The van der Waals surface area contributed by atoms with E-state index in [9.17, 15) is 0 Å². The summed E-state index contributed by atoms with van der Waals surface area (Å²) in [5.41, 5.74) is 0. The van der Waals surface area contributed by atoms with Gasteiger partial charge in [-0.05, 0) is 25.3 Å². The number of aliphatic hydroxyl groups is 1. The van der Waals surface area contributed by atoms with E-state index in [1.54, 1.807) is 0 Å². The van der Waals surface area contributed by atoms with Gasteiger partial charge in [0.1, 0.15) is 0 Å². The molecule has 1 aliphatic rings. The topological polar surface area (TPSA) is 23.5 Å². The Morgan fingerprint density at radius 3 is 3.00 bits per heavy atom. The Balaban J connectivity index is 2.18. The molecule has 0 saturated carbocycles. The van der Waals surface area contributed by atoms with Gasteiger partial charge < -0.3 is 10.0 Å². The van der Waals surface area contributed by atoms with Crippen LogP contribution in [0.4, 0.5) is 0 Å². The van der Waals surface area contributed by atoms with Crippen molar-refractivity contribution in [2.45, 2.75) is 19.8 Å². The number of aliphatic hydroxyl groups excluding tert-OH is 1. The molecule has 1 rings (SSSR count). The summed E-state index contributed by atoms with van der Waals surface area (Å²) in [6.45, 7) is 5.83. The van der Waals surface area contributed by atoms with Gasteiger partial charge in [0, 0.05) is 13.1 Å². The van der Waals surface area contributed by atoms with E-state index in [0.29, 0.717) is 6.61 Å². The van der Waals surface area contributed by atoms with Crippen LogP contribution in [0.5, 0.6) is 0 Å². The molecular formula is C8H17NO. The molecule has 1 saturated heterocycles. The van der Waals surface area contributed by atoms with Gasteiger partial charge in [0.25, 0.3) is 0 Å². The molecule has 2 nitrogen and oxygen atoms in total. The predicted octanol–water partition coefficient (Wildman–Crippen LogP) is 0.711. The van der Waals surface area contributed by atoms with Crippen molar-refractivity contribution in [1.82, 2.24) is 4.90 Å². The predicted molar refractivity (Wildman–Crippen MR) is 41.9 cm³/mol. The number of piperidine rings is 1. The highest BCUT2D eigenvalue weighted by Crippen LogP contribution is 2.14. The molecule has 0 aromatic carbocycles. The molecule has 1 aliphatic heterocycles. The molecule has 0 aliphatic carbocycles. The highest BCUT2D eigenvalue weighted by atomic mass is 16.3. The fourth-order valence-corrected chi connectivity index (χ4v) is 1.63.